The Hall–Kier alpha value is -1.89. The molecule has 0 aliphatic carbocycles. The average Bonchev–Trinajstić information content (AvgIpc) is 3.03. The number of carboxylic acids is 1. The number of carboxylic acid groups (broad SMARTS) is 1. The van der Waals surface area contributed by atoms with E-state index in [-0.39, 0.29) is 19.1 Å². The Morgan fingerprint density at radius 3 is 2.85 bits per heavy atom. The van der Waals surface area contributed by atoms with Crippen molar-refractivity contribution in [3.63, 3.8) is 0 Å². The molecule has 2 heterocycles. The van der Waals surface area contributed by atoms with Gasteiger partial charge in [0.2, 0.25) is 0 Å². The maximum absolute atomic E-state index is 12.5. The number of aromatic nitrogens is 2. The van der Waals surface area contributed by atoms with Gasteiger partial charge in [0, 0.05) is 12.2 Å². The minimum absolute atomic E-state index is 0.146. The Balaban J connectivity index is 2.22. The van der Waals surface area contributed by atoms with Gasteiger partial charge in [-0.1, -0.05) is 6.92 Å². The zero-order valence-corrected chi connectivity index (χ0v) is 11.6. The minimum atomic E-state index is -0.931. The molecule has 1 amide bonds. The van der Waals surface area contributed by atoms with Gasteiger partial charge >= 0.3 is 5.97 Å². The number of hydrogen-bond acceptors (Lipinski definition) is 4. The molecule has 0 bridgehead atoms. The van der Waals surface area contributed by atoms with Crippen LogP contribution in [-0.2, 0) is 9.53 Å². The number of carbonyl (C=O) groups excluding carboxylic acids is 1. The topological polar surface area (TPSA) is 95.5 Å². The fraction of sp³-hybridized carbons (Fsp3) is 0.615. The third kappa shape index (κ3) is 2.82. The summed E-state index contributed by atoms with van der Waals surface area (Å²) in [5.74, 6) is -1.86. The first kappa shape index (κ1) is 14.5. The number of nitrogens with zero attached hydrogens (tertiary/aromatic N) is 2. The van der Waals surface area contributed by atoms with E-state index in [4.69, 9.17) is 4.74 Å². The van der Waals surface area contributed by atoms with E-state index in [2.05, 4.69) is 10.2 Å². The Kier molecular flexibility index (Phi) is 4.39. The maximum atomic E-state index is 12.5. The van der Waals surface area contributed by atoms with Gasteiger partial charge in [0.1, 0.15) is 11.6 Å². The van der Waals surface area contributed by atoms with Gasteiger partial charge in [0.25, 0.3) is 5.91 Å². The fourth-order valence-corrected chi connectivity index (χ4v) is 2.42. The summed E-state index contributed by atoms with van der Waals surface area (Å²) in [7, 11) is 0. The number of aryl methyl sites for hydroxylation is 1. The van der Waals surface area contributed by atoms with Crippen LogP contribution in [0.2, 0.25) is 0 Å². The predicted octanol–water partition coefficient (Wildman–Crippen LogP) is 0.670. The Morgan fingerprint density at radius 2 is 2.30 bits per heavy atom. The Labute approximate surface area is 116 Å². The number of amides is 1. The molecule has 2 rings (SSSR count). The first-order chi connectivity index (χ1) is 9.54. The van der Waals surface area contributed by atoms with Gasteiger partial charge in [0.15, 0.2) is 0 Å². The van der Waals surface area contributed by atoms with Gasteiger partial charge in [-0.05, 0) is 19.4 Å². The van der Waals surface area contributed by atoms with Crippen molar-refractivity contribution in [3.8, 4) is 0 Å². The van der Waals surface area contributed by atoms with E-state index in [0.29, 0.717) is 12.2 Å². The van der Waals surface area contributed by atoms with E-state index in [1.54, 1.807) is 11.0 Å². The highest BCUT2D eigenvalue weighted by atomic mass is 16.5. The van der Waals surface area contributed by atoms with E-state index in [0.717, 1.165) is 12.1 Å². The molecule has 1 fully saturated rings. The molecule has 110 valence electrons. The van der Waals surface area contributed by atoms with Crippen molar-refractivity contribution in [3.05, 3.63) is 17.5 Å². The molecule has 0 saturated carbocycles. The summed E-state index contributed by atoms with van der Waals surface area (Å²) in [5.41, 5.74) is 1.11. The van der Waals surface area contributed by atoms with Crippen molar-refractivity contribution >= 4 is 11.9 Å². The molecule has 2 atom stereocenters. The Bertz CT molecular complexity index is 500. The Morgan fingerprint density at radius 1 is 1.55 bits per heavy atom. The monoisotopic (exact) mass is 281 g/mol. The number of aliphatic carboxylic acids is 1. The molecule has 7 heteroatoms. The van der Waals surface area contributed by atoms with Crippen molar-refractivity contribution in [1.29, 1.82) is 0 Å². The molecular weight excluding hydrogens is 262 g/mol. The fourth-order valence-electron chi connectivity index (χ4n) is 2.42. The van der Waals surface area contributed by atoms with Crippen LogP contribution in [-0.4, -0.2) is 57.9 Å². The second kappa shape index (κ2) is 6.04. The summed E-state index contributed by atoms with van der Waals surface area (Å²) in [4.78, 5) is 25.3. The molecule has 20 heavy (non-hydrogen) atoms. The van der Waals surface area contributed by atoms with Crippen LogP contribution in [0, 0.1) is 12.8 Å². The van der Waals surface area contributed by atoms with Crippen molar-refractivity contribution in [2.24, 2.45) is 5.92 Å². The number of nitrogens with one attached hydrogen (secondary N) is 1. The first-order valence-electron chi connectivity index (χ1n) is 6.68. The highest BCUT2D eigenvalue weighted by molar-refractivity contribution is 5.93. The summed E-state index contributed by atoms with van der Waals surface area (Å²) in [5, 5.41) is 15.9. The van der Waals surface area contributed by atoms with Crippen molar-refractivity contribution in [2.75, 3.05) is 19.8 Å². The highest BCUT2D eigenvalue weighted by Gasteiger charge is 2.40. The van der Waals surface area contributed by atoms with Gasteiger partial charge in [-0.25, -0.2) is 0 Å². The van der Waals surface area contributed by atoms with Gasteiger partial charge in [-0.2, -0.15) is 5.10 Å². The van der Waals surface area contributed by atoms with Crippen LogP contribution in [0.4, 0.5) is 0 Å². The molecule has 2 N–H and O–H groups in total. The zero-order chi connectivity index (χ0) is 14.7. The van der Waals surface area contributed by atoms with Crippen LogP contribution in [0.25, 0.3) is 0 Å². The van der Waals surface area contributed by atoms with E-state index < -0.39 is 17.9 Å². The number of H-pyrrole nitrogens is 1. The number of aromatic amines is 1. The van der Waals surface area contributed by atoms with Gasteiger partial charge in [0.05, 0.1) is 19.3 Å². The lowest BCUT2D eigenvalue weighted by Gasteiger charge is -2.29. The molecule has 1 aliphatic rings. The van der Waals surface area contributed by atoms with Crippen LogP contribution < -0.4 is 0 Å². The minimum Gasteiger partial charge on any atom is -0.481 e. The molecule has 0 radical (unpaired) electrons. The smallest absolute Gasteiger partial charge is 0.311 e. The van der Waals surface area contributed by atoms with Crippen LogP contribution in [0.3, 0.4) is 0 Å². The van der Waals surface area contributed by atoms with Crippen LogP contribution >= 0.6 is 0 Å². The number of hydrogen-bond donors (Lipinski definition) is 2. The summed E-state index contributed by atoms with van der Waals surface area (Å²) >= 11 is 0. The summed E-state index contributed by atoms with van der Waals surface area (Å²) in [6, 6.07) is 1.23. The molecule has 1 aromatic rings. The summed E-state index contributed by atoms with van der Waals surface area (Å²) in [6.45, 7) is 4.65. The molecule has 0 spiro atoms. The SMILES string of the molecule is CCCN(C(=O)c1cc(C)[nH]n1)C1COCC1C(=O)O. The lowest BCUT2D eigenvalue weighted by molar-refractivity contribution is -0.142. The molecule has 0 aromatic carbocycles. The van der Waals surface area contributed by atoms with Gasteiger partial charge < -0.3 is 14.7 Å². The molecular formula is C13H19N3O4. The number of ether oxygens (including phenoxy) is 1. The van der Waals surface area contributed by atoms with Crippen LogP contribution in [0.5, 0.6) is 0 Å². The average molecular weight is 281 g/mol. The molecule has 7 nitrogen and oxygen atoms in total. The van der Waals surface area contributed by atoms with E-state index >= 15 is 0 Å². The largest absolute Gasteiger partial charge is 0.481 e. The molecule has 1 aliphatic heterocycles. The number of rotatable bonds is 5. The van der Waals surface area contributed by atoms with E-state index in [9.17, 15) is 14.7 Å². The molecule has 1 aromatic heterocycles. The molecule has 1 saturated heterocycles. The lowest BCUT2D eigenvalue weighted by Crippen LogP contribution is -2.47. The van der Waals surface area contributed by atoms with Crippen LogP contribution in [0.1, 0.15) is 29.5 Å². The van der Waals surface area contributed by atoms with Crippen molar-refractivity contribution in [2.45, 2.75) is 26.3 Å². The van der Waals surface area contributed by atoms with Crippen molar-refractivity contribution < 1.29 is 19.4 Å². The normalized spacial score (nSPS) is 21.9. The molecule has 2 unspecified atom stereocenters. The zero-order valence-electron chi connectivity index (χ0n) is 11.6. The van der Waals surface area contributed by atoms with E-state index in [1.807, 2.05) is 13.8 Å². The third-order valence-electron chi connectivity index (χ3n) is 3.42. The van der Waals surface area contributed by atoms with Crippen LogP contribution in [0.15, 0.2) is 6.07 Å². The quantitative estimate of drug-likeness (QED) is 0.827. The predicted molar refractivity (Wildman–Crippen MR) is 70.4 cm³/mol. The third-order valence-corrected chi connectivity index (χ3v) is 3.42. The summed E-state index contributed by atoms with van der Waals surface area (Å²) in [6.07, 6.45) is 0.748. The van der Waals surface area contributed by atoms with Crippen molar-refractivity contribution in [1.82, 2.24) is 15.1 Å². The second-order valence-corrected chi connectivity index (χ2v) is 4.98. The summed E-state index contributed by atoms with van der Waals surface area (Å²) < 4.78 is 5.25. The first-order valence-corrected chi connectivity index (χ1v) is 6.68. The van der Waals surface area contributed by atoms with E-state index in [1.165, 1.54) is 0 Å². The lowest BCUT2D eigenvalue weighted by atomic mass is 10.0. The standard InChI is InChI=1S/C13H19N3O4/c1-3-4-16(11-7-20-6-9(11)13(18)19)12(17)10-5-8(2)14-15-10/h5,9,11H,3-4,6-7H2,1-2H3,(H,14,15)(H,18,19). The van der Waals surface area contributed by atoms with Gasteiger partial charge in [-0.3, -0.25) is 14.7 Å². The maximum Gasteiger partial charge on any atom is 0.311 e. The second-order valence-electron chi connectivity index (χ2n) is 4.98. The van der Waals surface area contributed by atoms with Gasteiger partial charge in [-0.15, -0.1) is 0 Å². The highest BCUT2D eigenvalue weighted by Crippen LogP contribution is 2.22. The number of carbonyl (C=O) groups is 2.